The second kappa shape index (κ2) is 7.53. The van der Waals surface area contributed by atoms with E-state index in [1.807, 2.05) is 54.6 Å². The molecular weight excluding hydrogens is 350 g/mol. The fourth-order valence-electron chi connectivity index (χ4n) is 3.34. The molecule has 0 N–H and O–H groups in total. The SMILES string of the molecule is COc1ccc(C(=O)/C=C2/C(=O)N(Cc3ccccc3)c3ccccc32)cc1. The van der Waals surface area contributed by atoms with Crippen LogP contribution in [0.3, 0.4) is 0 Å². The minimum Gasteiger partial charge on any atom is -0.497 e. The third-order valence-electron chi connectivity index (χ3n) is 4.79. The van der Waals surface area contributed by atoms with Crippen LogP contribution in [0, 0.1) is 0 Å². The predicted octanol–water partition coefficient (Wildman–Crippen LogP) is 4.51. The number of rotatable bonds is 5. The molecule has 0 fully saturated rings. The van der Waals surface area contributed by atoms with Crippen LogP contribution in [0.15, 0.2) is 84.9 Å². The number of methoxy groups -OCH3 is 1. The third kappa shape index (κ3) is 3.32. The summed E-state index contributed by atoms with van der Waals surface area (Å²) in [6.45, 7) is 0.463. The van der Waals surface area contributed by atoms with Crippen molar-refractivity contribution in [2.24, 2.45) is 0 Å². The molecule has 4 rings (SSSR count). The molecule has 28 heavy (non-hydrogen) atoms. The molecule has 0 atom stereocenters. The van der Waals surface area contributed by atoms with E-state index in [1.165, 1.54) is 6.08 Å². The van der Waals surface area contributed by atoms with Gasteiger partial charge in [-0.25, -0.2) is 0 Å². The highest BCUT2D eigenvalue weighted by atomic mass is 16.5. The molecule has 0 bridgehead atoms. The summed E-state index contributed by atoms with van der Waals surface area (Å²) in [5, 5.41) is 0. The molecule has 0 spiro atoms. The van der Waals surface area contributed by atoms with Crippen LogP contribution >= 0.6 is 0 Å². The lowest BCUT2D eigenvalue weighted by Gasteiger charge is -2.17. The summed E-state index contributed by atoms with van der Waals surface area (Å²) in [7, 11) is 1.58. The van der Waals surface area contributed by atoms with Crippen LogP contribution in [0.25, 0.3) is 5.57 Å². The van der Waals surface area contributed by atoms with Gasteiger partial charge in [0.1, 0.15) is 5.75 Å². The molecule has 0 radical (unpaired) electrons. The van der Waals surface area contributed by atoms with Gasteiger partial charge in [0.05, 0.1) is 24.9 Å². The Balaban J connectivity index is 1.68. The van der Waals surface area contributed by atoms with E-state index in [4.69, 9.17) is 4.74 Å². The van der Waals surface area contributed by atoms with E-state index in [2.05, 4.69) is 0 Å². The lowest BCUT2D eigenvalue weighted by atomic mass is 10.0. The van der Waals surface area contributed by atoms with Crippen molar-refractivity contribution in [3.8, 4) is 5.75 Å². The number of fused-ring (bicyclic) bond motifs is 1. The number of amides is 1. The Morgan fingerprint density at radius 2 is 1.61 bits per heavy atom. The topological polar surface area (TPSA) is 46.6 Å². The number of para-hydroxylation sites is 1. The molecule has 0 aliphatic carbocycles. The Morgan fingerprint density at radius 1 is 0.929 bits per heavy atom. The van der Waals surface area contributed by atoms with Gasteiger partial charge in [0.25, 0.3) is 5.91 Å². The normalized spacial score (nSPS) is 14.2. The Morgan fingerprint density at radius 3 is 2.32 bits per heavy atom. The van der Waals surface area contributed by atoms with Gasteiger partial charge in [-0.3, -0.25) is 9.59 Å². The highest BCUT2D eigenvalue weighted by molar-refractivity contribution is 6.35. The standard InChI is InChI=1S/C24H19NO3/c1-28-19-13-11-18(12-14-19)23(26)15-21-20-9-5-6-10-22(20)25(24(21)27)16-17-7-3-2-4-8-17/h2-15H,16H2,1H3/b21-15+. The minimum atomic E-state index is -0.206. The highest BCUT2D eigenvalue weighted by Gasteiger charge is 2.32. The fraction of sp³-hybridized carbons (Fsp3) is 0.0833. The van der Waals surface area contributed by atoms with Gasteiger partial charge in [-0.1, -0.05) is 48.5 Å². The first-order valence-corrected chi connectivity index (χ1v) is 9.02. The molecule has 0 aromatic heterocycles. The second-order valence-electron chi connectivity index (χ2n) is 6.54. The molecule has 4 heteroatoms. The predicted molar refractivity (Wildman–Crippen MR) is 109 cm³/mol. The number of ether oxygens (including phenoxy) is 1. The number of hydrogen-bond acceptors (Lipinski definition) is 3. The molecule has 138 valence electrons. The van der Waals surface area contributed by atoms with Crippen molar-refractivity contribution in [2.45, 2.75) is 6.54 Å². The number of anilines is 1. The van der Waals surface area contributed by atoms with E-state index in [0.717, 1.165) is 16.8 Å². The van der Waals surface area contributed by atoms with Crippen molar-refractivity contribution >= 4 is 23.0 Å². The molecule has 1 heterocycles. The minimum absolute atomic E-state index is 0.160. The third-order valence-corrected chi connectivity index (χ3v) is 4.79. The van der Waals surface area contributed by atoms with Crippen molar-refractivity contribution in [1.29, 1.82) is 0 Å². The van der Waals surface area contributed by atoms with Crippen LogP contribution in [0.4, 0.5) is 5.69 Å². The molecule has 4 nitrogen and oxygen atoms in total. The molecule has 0 unspecified atom stereocenters. The first kappa shape index (κ1) is 17.7. The van der Waals surface area contributed by atoms with E-state index in [-0.39, 0.29) is 11.7 Å². The van der Waals surface area contributed by atoms with Crippen molar-refractivity contribution in [3.63, 3.8) is 0 Å². The lowest BCUT2D eigenvalue weighted by molar-refractivity contribution is -0.113. The Bertz CT molecular complexity index is 1050. The second-order valence-corrected chi connectivity index (χ2v) is 6.54. The van der Waals surface area contributed by atoms with Crippen LogP contribution in [0.1, 0.15) is 21.5 Å². The van der Waals surface area contributed by atoms with Crippen molar-refractivity contribution in [2.75, 3.05) is 12.0 Å². The summed E-state index contributed by atoms with van der Waals surface area (Å²) in [6, 6.07) is 24.3. The zero-order chi connectivity index (χ0) is 19.5. The molecule has 0 saturated heterocycles. The van der Waals surface area contributed by atoms with Gasteiger partial charge in [-0.2, -0.15) is 0 Å². The van der Waals surface area contributed by atoms with Gasteiger partial charge in [-0.05, 0) is 42.0 Å². The Hall–Kier alpha value is -3.66. The van der Waals surface area contributed by atoms with Crippen molar-refractivity contribution < 1.29 is 14.3 Å². The molecule has 3 aromatic rings. The van der Waals surface area contributed by atoms with Crippen LogP contribution in [0.2, 0.25) is 0 Å². The lowest BCUT2D eigenvalue weighted by Crippen LogP contribution is -2.25. The van der Waals surface area contributed by atoms with Crippen molar-refractivity contribution in [3.05, 3.63) is 102 Å². The molecule has 1 aliphatic rings. The quantitative estimate of drug-likeness (QED) is 0.491. The maximum Gasteiger partial charge on any atom is 0.259 e. The van der Waals surface area contributed by atoms with Crippen LogP contribution in [-0.4, -0.2) is 18.8 Å². The summed E-state index contributed by atoms with van der Waals surface area (Å²) in [6.07, 6.45) is 1.44. The maximum atomic E-state index is 13.1. The number of carbonyl (C=O) groups excluding carboxylic acids is 2. The Kier molecular flexibility index (Phi) is 4.77. The number of carbonyl (C=O) groups is 2. The van der Waals surface area contributed by atoms with Crippen LogP contribution in [-0.2, 0) is 11.3 Å². The number of ketones is 1. The summed E-state index contributed by atoms with van der Waals surface area (Å²) >= 11 is 0. The molecule has 0 saturated carbocycles. The van der Waals surface area contributed by atoms with Gasteiger partial charge in [0.2, 0.25) is 0 Å². The summed E-state index contributed by atoms with van der Waals surface area (Å²) < 4.78 is 5.13. The average molecular weight is 369 g/mol. The number of hydrogen-bond donors (Lipinski definition) is 0. The number of allylic oxidation sites excluding steroid dienone is 1. The largest absolute Gasteiger partial charge is 0.497 e. The van der Waals surface area contributed by atoms with E-state index in [9.17, 15) is 9.59 Å². The highest BCUT2D eigenvalue weighted by Crippen LogP contribution is 2.37. The van der Waals surface area contributed by atoms with Crippen LogP contribution in [0.5, 0.6) is 5.75 Å². The van der Waals surface area contributed by atoms with E-state index < -0.39 is 0 Å². The van der Waals surface area contributed by atoms with Crippen LogP contribution < -0.4 is 9.64 Å². The first-order valence-electron chi connectivity index (χ1n) is 9.02. The van der Waals surface area contributed by atoms with Crippen molar-refractivity contribution in [1.82, 2.24) is 0 Å². The maximum absolute atomic E-state index is 13.1. The fourth-order valence-corrected chi connectivity index (χ4v) is 3.34. The zero-order valence-electron chi connectivity index (χ0n) is 15.5. The van der Waals surface area contributed by atoms with E-state index in [1.54, 1.807) is 36.3 Å². The summed E-state index contributed by atoms with van der Waals surface area (Å²) in [4.78, 5) is 27.6. The van der Waals surface area contributed by atoms with Gasteiger partial charge in [-0.15, -0.1) is 0 Å². The number of benzene rings is 3. The van der Waals surface area contributed by atoms with E-state index >= 15 is 0 Å². The van der Waals surface area contributed by atoms with Gasteiger partial charge >= 0.3 is 0 Å². The zero-order valence-corrected chi connectivity index (χ0v) is 15.5. The summed E-state index contributed by atoms with van der Waals surface area (Å²) in [5.41, 5.74) is 3.58. The van der Waals surface area contributed by atoms with E-state index in [0.29, 0.717) is 23.4 Å². The first-order chi connectivity index (χ1) is 13.7. The molecular formula is C24H19NO3. The summed E-state index contributed by atoms with van der Waals surface area (Å²) in [5.74, 6) is 0.315. The molecule has 3 aromatic carbocycles. The van der Waals surface area contributed by atoms with Gasteiger partial charge in [0.15, 0.2) is 5.78 Å². The Labute approximate surface area is 163 Å². The number of nitrogens with zero attached hydrogens (tertiary/aromatic N) is 1. The average Bonchev–Trinajstić information content (AvgIpc) is 3.00. The monoisotopic (exact) mass is 369 g/mol. The van der Waals surface area contributed by atoms with Gasteiger partial charge < -0.3 is 9.64 Å². The smallest absolute Gasteiger partial charge is 0.259 e. The van der Waals surface area contributed by atoms with Gasteiger partial charge in [0, 0.05) is 11.1 Å². The molecule has 1 aliphatic heterocycles. The molecule has 1 amide bonds.